The van der Waals surface area contributed by atoms with E-state index in [1.807, 2.05) is 11.8 Å². The van der Waals surface area contributed by atoms with Crippen molar-refractivity contribution in [1.82, 2.24) is 10.6 Å². The van der Waals surface area contributed by atoms with Gasteiger partial charge >= 0.3 is 0 Å². The first-order valence-corrected chi connectivity index (χ1v) is 7.44. The highest BCUT2D eigenvalue weighted by Crippen LogP contribution is 2.23. The van der Waals surface area contributed by atoms with E-state index in [2.05, 4.69) is 31.4 Å². The Morgan fingerprint density at radius 2 is 2.31 bits per heavy atom. The summed E-state index contributed by atoms with van der Waals surface area (Å²) in [4.78, 5) is 12.2. The molecule has 94 valence electrons. The van der Waals surface area contributed by atoms with Gasteiger partial charge in [0, 0.05) is 11.8 Å². The highest BCUT2D eigenvalue weighted by Gasteiger charge is 2.39. The van der Waals surface area contributed by atoms with Gasteiger partial charge in [0.1, 0.15) is 0 Å². The Morgan fingerprint density at radius 3 is 2.81 bits per heavy atom. The van der Waals surface area contributed by atoms with Crippen LogP contribution in [0.25, 0.3) is 0 Å². The zero-order valence-electron chi connectivity index (χ0n) is 10.6. The first-order valence-electron chi connectivity index (χ1n) is 6.28. The number of thioether (sulfide) groups is 1. The van der Waals surface area contributed by atoms with Crippen LogP contribution in [0.15, 0.2) is 0 Å². The summed E-state index contributed by atoms with van der Waals surface area (Å²) < 4.78 is 0. The van der Waals surface area contributed by atoms with Crippen molar-refractivity contribution in [1.29, 1.82) is 0 Å². The maximum absolute atomic E-state index is 12.2. The molecule has 1 amide bonds. The SMILES string of the molecule is CCSCC(C)NC(=O)C1(CC)CCCN1. The largest absolute Gasteiger partial charge is 0.351 e. The van der Waals surface area contributed by atoms with E-state index in [0.717, 1.165) is 37.3 Å². The maximum atomic E-state index is 12.2. The molecule has 0 radical (unpaired) electrons. The first-order chi connectivity index (χ1) is 7.64. The van der Waals surface area contributed by atoms with Gasteiger partial charge in [0.05, 0.1) is 5.54 Å². The van der Waals surface area contributed by atoms with Crippen LogP contribution in [0.1, 0.15) is 40.0 Å². The number of carbonyl (C=O) groups excluding carboxylic acids is 1. The lowest BCUT2D eigenvalue weighted by Gasteiger charge is -2.28. The average molecular weight is 244 g/mol. The van der Waals surface area contributed by atoms with E-state index in [0.29, 0.717) is 0 Å². The van der Waals surface area contributed by atoms with Gasteiger partial charge in [-0.25, -0.2) is 0 Å². The van der Waals surface area contributed by atoms with Crippen molar-refractivity contribution in [3.05, 3.63) is 0 Å². The van der Waals surface area contributed by atoms with Crippen molar-refractivity contribution >= 4 is 17.7 Å². The molecule has 0 aromatic heterocycles. The maximum Gasteiger partial charge on any atom is 0.240 e. The summed E-state index contributed by atoms with van der Waals surface area (Å²) in [5.74, 6) is 2.30. The second-order valence-corrected chi connectivity index (χ2v) is 5.82. The topological polar surface area (TPSA) is 41.1 Å². The zero-order valence-corrected chi connectivity index (χ0v) is 11.5. The summed E-state index contributed by atoms with van der Waals surface area (Å²) in [7, 11) is 0. The molecule has 0 aliphatic carbocycles. The van der Waals surface area contributed by atoms with Crippen LogP contribution in [0.5, 0.6) is 0 Å². The van der Waals surface area contributed by atoms with Gasteiger partial charge in [-0.05, 0) is 38.5 Å². The van der Waals surface area contributed by atoms with Gasteiger partial charge in [-0.3, -0.25) is 4.79 Å². The van der Waals surface area contributed by atoms with Crippen molar-refractivity contribution in [2.75, 3.05) is 18.1 Å². The van der Waals surface area contributed by atoms with Crippen molar-refractivity contribution in [2.24, 2.45) is 0 Å². The van der Waals surface area contributed by atoms with Crippen molar-refractivity contribution in [3.8, 4) is 0 Å². The van der Waals surface area contributed by atoms with Crippen molar-refractivity contribution < 1.29 is 4.79 Å². The fourth-order valence-corrected chi connectivity index (χ4v) is 2.83. The summed E-state index contributed by atoms with van der Waals surface area (Å²) in [6, 6.07) is 0.267. The van der Waals surface area contributed by atoms with E-state index in [4.69, 9.17) is 0 Å². The second kappa shape index (κ2) is 6.50. The van der Waals surface area contributed by atoms with E-state index < -0.39 is 0 Å². The quantitative estimate of drug-likeness (QED) is 0.748. The minimum atomic E-state index is -0.287. The van der Waals surface area contributed by atoms with E-state index in [9.17, 15) is 4.79 Å². The molecule has 1 fully saturated rings. The summed E-state index contributed by atoms with van der Waals surface area (Å²) >= 11 is 1.87. The standard InChI is InChI=1S/C12H24N2OS/c1-4-12(7-6-8-13-12)11(15)14-10(3)9-16-5-2/h10,13H,4-9H2,1-3H3,(H,14,15). The lowest BCUT2D eigenvalue weighted by Crippen LogP contribution is -2.55. The molecule has 0 saturated carbocycles. The van der Waals surface area contributed by atoms with Crippen LogP contribution < -0.4 is 10.6 Å². The van der Waals surface area contributed by atoms with E-state index in [1.165, 1.54) is 0 Å². The molecule has 1 saturated heterocycles. The fourth-order valence-electron chi connectivity index (χ4n) is 2.16. The highest BCUT2D eigenvalue weighted by molar-refractivity contribution is 7.99. The molecule has 0 bridgehead atoms. The molecule has 1 aliphatic heterocycles. The van der Waals surface area contributed by atoms with Crippen LogP contribution >= 0.6 is 11.8 Å². The summed E-state index contributed by atoms with van der Waals surface area (Å²) in [5, 5.41) is 6.49. The van der Waals surface area contributed by atoms with Crippen LogP contribution in [0, 0.1) is 0 Å². The number of rotatable bonds is 6. The van der Waals surface area contributed by atoms with Gasteiger partial charge in [-0.2, -0.15) is 11.8 Å². The van der Waals surface area contributed by atoms with Crippen LogP contribution in [0.2, 0.25) is 0 Å². The van der Waals surface area contributed by atoms with Crippen LogP contribution in [0.3, 0.4) is 0 Å². The van der Waals surface area contributed by atoms with Gasteiger partial charge in [0.15, 0.2) is 0 Å². The Balaban J connectivity index is 2.43. The Kier molecular flexibility index (Phi) is 5.62. The third-order valence-electron chi connectivity index (χ3n) is 3.23. The first kappa shape index (κ1) is 13.8. The summed E-state index contributed by atoms with van der Waals surface area (Å²) in [6.07, 6.45) is 2.97. The lowest BCUT2D eigenvalue weighted by atomic mass is 9.93. The molecule has 0 aromatic rings. The normalized spacial score (nSPS) is 26.7. The van der Waals surface area contributed by atoms with Gasteiger partial charge < -0.3 is 10.6 Å². The molecule has 1 heterocycles. The molecule has 2 atom stereocenters. The van der Waals surface area contributed by atoms with Crippen molar-refractivity contribution in [2.45, 2.75) is 51.6 Å². The molecule has 16 heavy (non-hydrogen) atoms. The van der Waals surface area contributed by atoms with Gasteiger partial charge in [0.25, 0.3) is 0 Å². The van der Waals surface area contributed by atoms with Gasteiger partial charge in [-0.15, -0.1) is 0 Å². The molecule has 1 aliphatic rings. The van der Waals surface area contributed by atoms with Crippen molar-refractivity contribution in [3.63, 3.8) is 0 Å². The molecule has 3 nitrogen and oxygen atoms in total. The van der Waals surface area contributed by atoms with Gasteiger partial charge in [-0.1, -0.05) is 13.8 Å². The van der Waals surface area contributed by atoms with Crippen LogP contribution in [-0.4, -0.2) is 35.5 Å². The Labute approximate surface area is 103 Å². The monoisotopic (exact) mass is 244 g/mol. The Bertz CT molecular complexity index is 227. The minimum absolute atomic E-state index is 0.191. The Hall–Kier alpha value is -0.220. The van der Waals surface area contributed by atoms with E-state index in [-0.39, 0.29) is 17.5 Å². The third kappa shape index (κ3) is 3.39. The van der Waals surface area contributed by atoms with Gasteiger partial charge in [0.2, 0.25) is 5.91 Å². The smallest absolute Gasteiger partial charge is 0.240 e. The molecule has 4 heteroatoms. The molecule has 0 spiro atoms. The summed E-state index contributed by atoms with van der Waals surface area (Å²) in [6.45, 7) is 7.28. The highest BCUT2D eigenvalue weighted by atomic mass is 32.2. The molecule has 1 rings (SSSR count). The molecular weight excluding hydrogens is 220 g/mol. The predicted octanol–water partition coefficient (Wildman–Crippen LogP) is 1.78. The van der Waals surface area contributed by atoms with E-state index in [1.54, 1.807) is 0 Å². The molecule has 2 N–H and O–H groups in total. The predicted molar refractivity (Wildman–Crippen MR) is 70.9 cm³/mol. The number of carbonyl (C=O) groups is 1. The molecule has 0 aromatic carbocycles. The Morgan fingerprint density at radius 1 is 1.56 bits per heavy atom. The molecule has 2 unspecified atom stereocenters. The minimum Gasteiger partial charge on any atom is -0.351 e. The molecular formula is C12H24N2OS. The number of hydrogen-bond acceptors (Lipinski definition) is 3. The summed E-state index contributed by atoms with van der Waals surface area (Å²) in [5.41, 5.74) is -0.287. The van der Waals surface area contributed by atoms with Crippen LogP contribution in [0.4, 0.5) is 0 Å². The average Bonchev–Trinajstić information content (AvgIpc) is 2.76. The lowest BCUT2D eigenvalue weighted by molar-refractivity contribution is -0.127. The fraction of sp³-hybridized carbons (Fsp3) is 0.917. The van der Waals surface area contributed by atoms with Crippen LogP contribution in [-0.2, 0) is 4.79 Å². The second-order valence-electron chi connectivity index (χ2n) is 4.50. The third-order valence-corrected chi connectivity index (χ3v) is 4.38. The number of amides is 1. The van der Waals surface area contributed by atoms with E-state index >= 15 is 0 Å². The number of nitrogens with one attached hydrogen (secondary N) is 2. The zero-order chi connectivity index (χ0) is 12.0. The number of hydrogen-bond donors (Lipinski definition) is 2.